The number of anilines is 1. The first kappa shape index (κ1) is 10.1. The molecule has 3 rings (SSSR count). The fourth-order valence-corrected chi connectivity index (χ4v) is 3.04. The van der Waals surface area contributed by atoms with E-state index in [2.05, 4.69) is 48.5 Å². The molecule has 1 aromatic heterocycles. The number of rotatable bonds is 1. The summed E-state index contributed by atoms with van der Waals surface area (Å²) < 4.78 is 1.27. The van der Waals surface area contributed by atoms with E-state index in [0.717, 1.165) is 23.6 Å². The molecule has 2 aromatic rings. The Bertz CT molecular complexity index is 482. The summed E-state index contributed by atoms with van der Waals surface area (Å²) in [5.41, 5.74) is 1.50. The van der Waals surface area contributed by atoms with Gasteiger partial charge in [0.15, 0.2) is 5.13 Å². The van der Waals surface area contributed by atoms with Gasteiger partial charge >= 0.3 is 0 Å². The van der Waals surface area contributed by atoms with Crippen LogP contribution in [-0.2, 0) is 0 Å². The summed E-state index contributed by atoms with van der Waals surface area (Å²) in [5, 5.41) is 1.13. The van der Waals surface area contributed by atoms with Gasteiger partial charge in [-0.15, -0.1) is 0 Å². The molecule has 0 spiro atoms. The third-order valence-electron chi connectivity index (χ3n) is 2.99. The summed E-state index contributed by atoms with van der Waals surface area (Å²) in [4.78, 5) is 6.97. The molecule has 1 radical (unpaired) electrons. The smallest absolute Gasteiger partial charge is 0.186 e. The van der Waals surface area contributed by atoms with E-state index in [-0.39, 0.29) is 0 Å². The van der Waals surface area contributed by atoms with Gasteiger partial charge in [-0.1, -0.05) is 37.3 Å². The van der Waals surface area contributed by atoms with E-state index in [1.54, 1.807) is 11.3 Å². The first-order valence-electron chi connectivity index (χ1n) is 5.60. The summed E-state index contributed by atoms with van der Waals surface area (Å²) in [6, 6.07) is 8.33. The Morgan fingerprint density at radius 2 is 2.12 bits per heavy atom. The lowest BCUT2D eigenvalue weighted by molar-refractivity contribution is 0.424. The normalized spacial score (nSPS) is 19.5. The van der Waals surface area contributed by atoms with Gasteiger partial charge in [-0.25, -0.2) is 4.98 Å². The molecule has 1 fully saturated rings. The van der Waals surface area contributed by atoms with Gasteiger partial charge in [0.1, 0.15) is 0 Å². The van der Waals surface area contributed by atoms with Crippen LogP contribution in [0.4, 0.5) is 5.13 Å². The molecular formula is C13H15N2S. The van der Waals surface area contributed by atoms with Crippen molar-refractivity contribution in [3.05, 3.63) is 30.8 Å². The Morgan fingerprint density at radius 3 is 2.81 bits per heavy atom. The van der Waals surface area contributed by atoms with Gasteiger partial charge in [-0.2, -0.15) is 0 Å². The number of nitrogens with zero attached hydrogens (tertiary/aromatic N) is 2. The molecule has 0 aliphatic carbocycles. The van der Waals surface area contributed by atoms with Crippen LogP contribution in [0.2, 0.25) is 0 Å². The van der Waals surface area contributed by atoms with E-state index < -0.39 is 0 Å². The second-order valence-electron chi connectivity index (χ2n) is 5.14. The Kier molecular flexibility index (Phi) is 2.18. The van der Waals surface area contributed by atoms with Gasteiger partial charge in [-0.05, 0) is 24.0 Å². The molecule has 0 amide bonds. The van der Waals surface area contributed by atoms with Crippen molar-refractivity contribution in [2.75, 3.05) is 11.4 Å². The first-order chi connectivity index (χ1) is 7.64. The highest BCUT2D eigenvalue weighted by Gasteiger charge is 2.31. The maximum Gasteiger partial charge on any atom is 0.186 e. The van der Waals surface area contributed by atoms with Crippen molar-refractivity contribution < 1.29 is 0 Å². The lowest BCUT2D eigenvalue weighted by Gasteiger charge is -2.18. The third-order valence-corrected chi connectivity index (χ3v) is 4.06. The van der Waals surface area contributed by atoms with E-state index in [1.165, 1.54) is 4.70 Å². The van der Waals surface area contributed by atoms with Gasteiger partial charge in [-0.3, -0.25) is 0 Å². The molecular weight excluding hydrogens is 216 g/mol. The van der Waals surface area contributed by atoms with Crippen LogP contribution < -0.4 is 4.90 Å². The highest BCUT2D eigenvalue weighted by Crippen LogP contribution is 2.38. The molecule has 83 valence electrons. The summed E-state index contributed by atoms with van der Waals surface area (Å²) in [7, 11) is 0. The maximum absolute atomic E-state index is 4.67. The zero-order valence-corrected chi connectivity index (χ0v) is 10.4. The lowest BCUT2D eigenvalue weighted by atomic mass is 9.93. The van der Waals surface area contributed by atoms with Crippen LogP contribution in [0, 0.1) is 12.0 Å². The highest BCUT2D eigenvalue weighted by atomic mass is 32.1. The summed E-state index contributed by atoms with van der Waals surface area (Å²) >= 11 is 1.78. The van der Waals surface area contributed by atoms with Crippen LogP contribution >= 0.6 is 11.3 Å². The van der Waals surface area contributed by atoms with Crippen LogP contribution in [0.3, 0.4) is 0 Å². The van der Waals surface area contributed by atoms with E-state index >= 15 is 0 Å². The van der Waals surface area contributed by atoms with Crippen LogP contribution in [0.25, 0.3) is 10.2 Å². The molecule has 1 aromatic carbocycles. The zero-order chi connectivity index (χ0) is 11.2. The molecule has 0 saturated carbocycles. The fourth-order valence-electron chi connectivity index (χ4n) is 2.08. The molecule has 2 heterocycles. The van der Waals surface area contributed by atoms with Crippen LogP contribution in [-0.4, -0.2) is 11.5 Å². The quantitative estimate of drug-likeness (QED) is 0.744. The van der Waals surface area contributed by atoms with Crippen LogP contribution in [0.1, 0.15) is 20.3 Å². The van der Waals surface area contributed by atoms with Crippen molar-refractivity contribution in [3.63, 3.8) is 0 Å². The van der Waals surface area contributed by atoms with E-state index in [9.17, 15) is 0 Å². The van der Waals surface area contributed by atoms with E-state index in [0.29, 0.717) is 5.41 Å². The van der Waals surface area contributed by atoms with Gasteiger partial charge in [0.2, 0.25) is 0 Å². The Balaban J connectivity index is 1.95. The van der Waals surface area contributed by atoms with Gasteiger partial charge in [0.05, 0.1) is 16.8 Å². The highest BCUT2D eigenvalue weighted by molar-refractivity contribution is 7.22. The predicted molar refractivity (Wildman–Crippen MR) is 69.7 cm³/mol. The summed E-state index contributed by atoms with van der Waals surface area (Å²) in [5.74, 6) is 0. The summed E-state index contributed by atoms with van der Waals surface area (Å²) in [6.45, 7) is 7.96. The van der Waals surface area contributed by atoms with Crippen LogP contribution in [0.5, 0.6) is 0 Å². The Labute approximate surface area is 99.9 Å². The second kappa shape index (κ2) is 3.45. The van der Waals surface area contributed by atoms with Crippen molar-refractivity contribution in [1.82, 2.24) is 4.98 Å². The number of benzene rings is 1. The van der Waals surface area contributed by atoms with Crippen molar-refractivity contribution in [1.29, 1.82) is 0 Å². The zero-order valence-electron chi connectivity index (χ0n) is 9.60. The Hall–Kier alpha value is -1.09. The first-order valence-corrected chi connectivity index (χ1v) is 6.41. The molecule has 1 saturated heterocycles. The topological polar surface area (TPSA) is 16.1 Å². The van der Waals surface area contributed by atoms with Crippen molar-refractivity contribution in [2.24, 2.45) is 5.41 Å². The van der Waals surface area contributed by atoms with Gasteiger partial charge < -0.3 is 4.90 Å². The number of aromatic nitrogens is 1. The number of fused-ring (bicyclic) bond motifs is 1. The van der Waals surface area contributed by atoms with Crippen molar-refractivity contribution in [2.45, 2.75) is 20.3 Å². The molecule has 0 atom stereocenters. The maximum atomic E-state index is 4.67. The number of thiazole rings is 1. The van der Waals surface area contributed by atoms with Gasteiger partial charge in [0.25, 0.3) is 0 Å². The molecule has 1 aliphatic rings. The molecule has 3 heteroatoms. The second-order valence-corrected chi connectivity index (χ2v) is 6.15. The van der Waals surface area contributed by atoms with Gasteiger partial charge in [0, 0.05) is 6.54 Å². The third kappa shape index (κ3) is 1.69. The minimum atomic E-state index is 0.387. The molecule has 0 N–H and O–H groups in total. The lowest BCUT2D eigenvalue weighted by Crippen LogP contribution is -2.20. The monoisotopic (exact) mass is 231 g/mol. The largest absolute Gasteiger partial charge is 0.342 e. The molecule has 0 bridgehead atoms. The van der Waals surface area contributed by atoms with E-state index in [4.69, 9.17) is 0 Å². The SMILES string of the molecule is CC1(C)C[CH]N(c2nc3ccccc3s2)C1. The average molecular weight is 231 g/mol. The molecule has 1 aliphatic heterocycles. The minimum absolute atomic E-state index is 0.387. The molecule has 16 heavy (non-hydrogen) atoms. The van der Waals surface area contributed by atoms with Crippen LogP contribution in [0.15, 0.2) is 24.3 Å². The minimum Gasteiger partial charge on any atom is -0.342 e. The average Bonchev–Trinajstić information content (AvgIpc) is 2.80. The molecule has 2 nitrogen and oxygen atoms in total. The summed E-state index contributed by atoms with van der Waals surface area (Å²) in [6.07, 6.45) is 1.14. The number of hydrogen-bond acceptors (Lipinski definition) is 3. The fraction of sp³-hybridized carbons (Fsp3) is 0.385. The molecule has 0 unspecified atom stereocenters. The number of para-hydroxylation sites is 1. The van der Waals surface area contributed by atoms with Crippen molar-refractivity contribution in [3.8, 4) is 0 Å². The Morgan fingerprint density at radius 1 is 1.31 bits per heavy atom. The predicted octanol–water partition coefficient (Wildman–Crippen LogP) is 3.69. The standard InChI is InChI=1S/C13H15N2S/c1-13(2)7-8-15(9-13)12-14-10-5-3-4-6-11(10)16-12/h3-6,8H,7,9H2,1-2H3. The number of hydrogen-bond donors (Lipinski definition) is 0. The van der Waals surface area contributed by atoms with E-state index in [1.807, 2.05) is 6.07 Å². The van der Waals surface area contributed by atoms with Crippen molar-refractivity contribution >= 4 is 26.7 Å².